The van der Waals surface area contributed by atoms with E-state index < -0.39 is 0 Å². The van der Waals surface area contributed by atoms with Crippen molar-refractivity contribution in [2.75, 3.05) is 7.11 Å². The van der Waals surface area contributed by atoms with E-state index in [-0.39, 0.29) is 5.97 Å². The summed E-state index contributed by atoms with van der Waals surface area (Å²) in [6.07, 6.45) is 1.49. The fourth-order valence-corrected chi connectivity index (χ4v) is 3.73. The highest BCUT2D eigenvalue weighted by Gasteiger charge is 2.22. The lowest BCUT2D eigenvalue weighted by molar-refractivity contribution is 0.0598. The van der Waals surface area contributed by atoms with Gasteiger partial charge >= 0.3 is 5.97 Å². The number of benzene rings is 2. The Labute approximate surface area is 180 Å². The number of hydrogen-bond donors (Lipinski definition) is 1. The molecule has 0 saturated heterocycles. The van der Waals surface area contributed by atoms with Crippen molar-refractivity contribution in [2.24, 2.45) is 0 Å². The third-order valence-corrected chi connectivity index (χ3v) is 5.25. The van der Waals surface area contributed by atoms with Crippen LogP contribution >= 0.6 is 0 Å². The molecule has 1 N–H and O–H groups in total. The molecule has 8 heteroatoms. The second-order valence-corrected chi connectivity index (χ2v) is 7.28. The second kappa shape index (κ2) is 8.91. The smallest absolute Gasteiger partial charge is 0.341 e. The van der Waals surface area contributed by atoms with Gasteiger partial charge < -0.3 is 4.74 Å². The highest BCUT2D eigenvalue weighted by molar-refractivity contribution is 5.92. The van der Waals surface area contributed by atoms with Crippen LogP contribution in [0.4, 0.5) is 0 Å². The fourth-order valence-electron chi connectivity index (χ4n) is 3.73. The first-order chi connectivity index (χ1) is 15.1. The Morgan fingerprint density at radius 2 is 1.84 bits per heavy atom. The van der Waals surface area contributed by atoms with Gasteiger partial charge in [-0.15, -0.1) is 10.2 Å². The van der Waals surface area contributed by atoms with Crippen LogP contribution in [0.15, 0.2) is 48.5 Å². The van der Waals surface area contributed by atoms with E-state index in [1.807, 2.05) is 35.9 Å². The minimum atomic E-state index is -0.347. The topological polar surface area (TPSA) is 98.6 Å². The molecule has 8 nitrogen and oxygen atoms in total. The molecule has 0 fully saturated rings. The zero-order chi connectivity index (χ0) is 21.8. The van der Waals surface area contributed by atoms with Crippen LogP contribution in [0.5, 0.6) is 0 Å². The summed E-state index contributed by atoms with van der Waals surface area (Å²) in [6.45, 7) is 4.77. The molecule has 2 aromatic carbocycles. The molecule has 0 aliphatic heterocycles. The Hall–Kier alpha value is -3.81. The number of carbonyl (C=O) groups is 1. The van der Waals surface area contributed by atoms with Crippen molar-refractivity contribution in [2.45, 2.75) is 33.2 Å². The van der Waals surface area contributed by atoms with Crippen LogP contribution in [-0.2, 0) is 17.7 Å². The van der Waals surface area contributed by atoms with Crippen molar-refractivity contribution in [1.29, 1.82) is 0 Å². The molecule has 0 aliphatic carbocycles. The maximum absolute atomic E-state index is 12.4. The molecule has 0 unspecified atom stereocenters. The largest absolute Gasteiger partial charge is 0.465 e. The zero-order valence-corrected chi connectivity index (χ0v) is 17.8. The lowest BCUT2D eigenvalue weighted by Crippen LogP contribution is -2.07. The number of ether oxygens (including phenoxy) is 1. The Kier molecular flexibility index (Phi) is 5.88. The first-order valence-corrected chi connectivity index (χ1v) is 10.2. The molecule has 0 amide bonds. The van der Waals surface area contributed by atoms with Gasteiger partial charge in [0.15, 0.2) is 0 Å². The van der Waals surface area contributed by atoms with E-state index >= 15 is 0 Å². The van der Waals surface area contributed by atoms with Gasteiger partial charge in [0, 0.05) is 18.5 Å². The third-order valence-electron chi connectivity index (χ3n) is 5.25. The fraction of sp³-hybridized carbons (Fsp3) is 0.261. The Bertz CT molecular complexity index is 1180. The van der Waals surface area contributed by atoms with Gasteiger partial charge in [-0.1, -0.05) is 55.5 Å². The average molecular weight is 416 g/mol. The number of hydrogen-bond acceptors (Lipinski definition) is 6. The van der Waals surface area contributed by atoms with Gasteiger partial charge in [-0.3, -0.25) is 4.68 Å². The molecule has 0 saturated carbocycles. The summed E-state index contributed by atoms with van der Waals surface area (Å²) in [4.78, 5) is 12.4. The number of carbonyl (C=O) groups excluding carboxylic acids is 1. The summed E-state index contributed by atoms with van der Waals surface area (Å²) in [5.41, 5.74) is 6.17. The van der Waals surface area contributed by atoms with Crippen molar-refractivity contribution in [3.8, 4) is 22.5 Å². The van der Waals surface area contributed by atoms with Crippen molar-refractivity contribution in [3.63, 3.8) is 0 Å². The minimum Gasteiger partial charge on any atom is -0.465 e. The van der Waals surface area contributed by atoms with E-state index in [1.54, 1.807) is 0 Å². The summed E-state index contributed by atoms with van der Waals surface area (Å²) in [5, 5.41) is 19.1. The molecule has 2 heterocycles. The number of aromatic nitrogens is 6. The molecular formula is C23H24N6O2. The van der Waals surface area contributed by atoms with Gasteiger partial charge in [-0.05, 0) is 35.2 Å². The zero-order valence-electron chi connectivity index (χ0n) is 17.8. The van der Waals surface area contributed by atoms with Gasteiger partial charge in [0.2, 0.25) is 5.82 Å². The van der Waals surface area contributed by atoms with Crippen LogP contribution in [0, 0.1) is 6.92 Å². The van der Waals surface area contributed by atoms with Gasteiger partial charge in [-0.2, -0.15) is 10.3 Å². The van der Waals surface area contributed by atoms with Crippen molar-refractivity contribution < 1.29 is 9.53 Å². The quantitative estimate of drug-likeness (QED) is 0.460. The molecule has 0 spiro atoms. The maximum atomic E-state index is 12.4. The Morgan fingerprint density at radius 1 is 1.10 bits per heavy atom. The molecule has 31 heavy (non-hydrogen) atoms. The Morgan fingerprint density at radius 3 is 2.48 bits per heavy atom. The van der Waals surface area contributed by atoms with Crippen LogP contribution in [-0.4, -0.2) is 43.5 Å². The lowest BCUT2D eigenvalue weighted by Gasteiger charge is -2.08. The first-order valence-electron chi connectivity index (χ1n) is 10.2. The van der Waals surface area contributed by atoms with E-state index in [0.717, 1.165) is 46.6 Å². The van der Waals surface area contributed by atoms with Crippen LogP contribution in [0.1, 0.15) is 40.7 Å². The average Bonchev–Trinajstić information content (AvgIpc) is 3.43. The summed E-state index contributed by atoms with van der Waals surface area (Å²) in [6, 6.07) is 16.2. The van der Waals surface area contributed by atoms with Crippen LogP contribution in [0.3, 0.4) is 0 Å². The summed E-state index contributed by atoms with van der Waals surface area (Å²) < 4.78 is 6.89. The normalized spacial score (nSPS) is 10.9. The SMILES string of the molecule is CCCn1nc(Cc2ccc(-c3ccccc3-c3nn[nH]n3)cc2)c(C(=O)OC)c1C. The van der Waals surface area contributed by atoms with Crippen molar-refractivity contribution >= 4 is 5.97 Å². The summed E-state index contributed by atoms with van der Waals surface area (Å²) in [7, 11) is 1.40. The highest BCUT2D eigenvalue weighted by atomic mass is 16.5. The van der Waals surface area contributed by atoms with Crippen LogP contribution in [0.25, 0.3) is 22.5 Å². The standard InChI is InChI=1S/C23H24N6O2/c1-4-13-29-15(2)21(23(30)31-3)20(26-29)14-16-9-11-17(12-10-16)18-7-5-6-8-19(18)22-24-27-28-25-22/h5-12H,4,13-14H2,1-3H3,(H,24,25,27,28). The predicted molar refractivity (Wildman–Crippen MR) is 116 cm³/mol. The summed E-state index contributed by atoms with van der Waals surface area (Å²) in [5.74, 6) is 0.208. The molecule has 0 bridgehead atoms. The lowest BCUT2D eigenvalue weighted by atomic mass is 9.97. The molecule has 0 aliphatic rings. The van der Waals surface area contributed by atoms with E-state index in [4.69, 9.17) is 4.74 Å². The number of rotatable bonds is 7. The molecule has 2 aromatic heterocycles. The van der Waals surface area contributed by atoms with E-state index in [2.05, 4.69) is 56.9 Å². The second-order valence-electron chi connectivity index (χ2n) is 7.28. The number of aromatic amines is 1. The number of nitrogens with one attached hydrogen (secondary N) is 1. The number of esters is 1. The maximum Gasteiger partial charge on any atom is 0.341 e. The molecule has 4 rings (SSSR count). The van der Waals surface area contributed by atoms with Crippen molar-refractivity contribution in [3.05, 3.63) is 71.0 Å². The molecule has 0 radical (unpaired) electrons. The van der Waals surface area contributed by atoms with E-state index in [1.165, 1.54) is 7.11 Å². The van der Waals surface area contributed by atoms with E-state index in [0.29, 0.717) is 17.8 Å². The molecule has 0 atom stereocenters. The summed E-state index contributed by atoms with van der Waals surface area (Å²) >= 11 is 0. The van der Waals surface area contributed by atoms with Gasteiger partial charge in [-0.25, -0.2) is 4.79 Å². The first kappa shape index (κ1) is 20.5. The number of methoxy groups -OCH3 is 1. The number of aryl methyl sites for hydroxylation is 1. The van der Waals surface area contributed by atoms with Gasteiger partial charge in [0.1, 0.15) is 5.56 Å². The van der Waals surface area contributed by atoms with Crippen LogP contribution < -0.4 is 0 Å². The monoisotopic (exact) mass is 416 g/mol. The highest BCUT2D eigenvalue weighted by Crippen LogP contribution is 2.30. The predicted octanol–water partition coefficient (Wildman–Crippen LogP) is 3.83. The van der Waals surface area contributed by atoms with E-state index in [9.17, 15) is 4.79 Å². The number of tetrazole rings is 1. The number of H-pyrrole nitrogens is 1. The molecule has 4 aromatic rings. The number of nitrogens with zero attached hydrogens (tertiary/aromatic N) is 5. The van der Waals surface area contributed by atoms with Crippen molar-refractivity contribution in [1.82, 2.24) is 30.4 Å². The molecular weight excluding hydrogens is 392 g/mol. The van der Waals surface area contributed by atoms with Gasteiger partial charge in [0.05, 0.1) is 18.5 Å². The third kappa shape index (κ3) is 4.09. The Balaban J connectivity index is 1.64. The minimum absolute atomic E-state index is 0.347. The van der Waals surface area contributed by atoms with Gasteiger partial charge in [0.25, 0.3) is 0 Å². The molecule has 158 valence electrons. The van der Waals surface area contributed by atoms with Crippen LogP contribution in [0.2, 0.25) is 0 Å².